The van der Waals surface area contributed by atoms with Crippen molar-refractivity contribution in [3.05, 3.63) is 40.4 Å². The van der Waals surface area contributed by atoms with Gasteiger partial charge in [-0.25, -0.2) is 4.39 Å². The van der Waals surface area contributed by atoms with E-state index in [0.717, 1.165) is 37.1 Å². The minimum Gasteiger partial charge on any atom is -0.373 e. The molecular weight excluding hydrogens is 343 g/mol. The Morgan fingerprint density at radius 3 is 2.88 bits per heavy atom. The van der Waals surface area contributed by atoms with Crippen molar-refractivity contribution in [2.75, 3.05) is 6.54 Å². The van der Waals surface area contributed by atoms with Crippen molar-refractivity contribution < 1.29 is 13.7 Å². The largest absolute Gasteiger partial charge is 0.373 e. The van der Waals surface area contributed by atoms with Crippen LogP contribution in [0.15, 0.2) is 22.7 Å². The van der Waals surface area contributed by atoms with Crippen LogP contribution in [0.5, 0.6) is 0 Å². The van der Waals surface area contributed by atoms with Gasteiger partial charge in [-0.3, -0.25) is 0 Å². The van der Waals surface area contributed by atoms with Gasteiger partial charge in [0.05, 0.1) is 23.3 Å². The van der Waals surface area contributed by atoms with Crippen molar-refractivity contribution in [2.24, 2.45) is 5.92 Å². The molecule has 1 saturated heterocycles. The molecule has 0 radical (unpaired) electrons. The molecule has 3 atom stereocenters. The number of aromatic nitrogens is 1. The van der Waals surface area contributed by atoms with Gasteiger partial charge in [0.1, 0.15) is 17.3 Å². The molecule has 2 aliphatic carbocycles. The number of benzene rings is 1. The summed E-state index contributed by atoms with van der Waals surface area (Å²) in [6.07, 6.45) is 4.67. The lowest BCUT2D eigenvalue weighted by Gasteiger charge is -2.23. The average Bonchev–Trinajstić information content (AvgIpc) is 3.03. The van der Waals surface area contributed by atoms with Crippen LogP contribution in [0.1, 0.15) is 42.9 Å². The number of hydrogen-bond donors (Lipinski definition) is 1. The first-order valence-electron chi connectivity index (χ1n) is 8.98. The molecule has 0 unspecified atom stereocenters. The topological polar surface area (TPSA) is 47.3 Å². The summed E-state index contributed by atoms with van der Waals surface area (Å²) < 4.78 is 26.2. The summed E-state index contributed by atoms with van der Waals surface area (Å²) in [4.78, 5) is 0. The van der Waals surface area contributed by atoms with Crippen LogP contribution < -0.4 is 5.32 Å². The van der Waals surface area contributed by atoms with Crippen LogP contribution in [0.4, 0.5) is 4.39 Å². The molecular formula is C19H20ClFN2O2. The SMILES string of the molecule is Fc1cccc(Cl)c1-c1noc(C2CC2)c1CO[C@@H]1C[C@@H]2C[C@H]1CN2. The molecule has 2 saturated carbocycles. The van der Waals surface area contributed by atoms with Gasteiger partial charge in [0, 0.05) is 24.1 Å². The summed E-state index contributed by atoms with van der Waals surface area (Å²) >= 11 is 6.25. The van der Waals surface area contributed by atoms with Crippen molar-refractivity contribution in [1.29, 1.82) is 0 Å². The summed E-state index contributed by atoms with van der Waals surface area (Å²) in [6, 6.07) is 5.26. The number of halogens is 2. The number of fused-ring (bicyclic) bond motifs is 2. The monoisotopic (exact) mass is 362 g/mol. The van der Waals surface area contributed by atoms with E-state index in [9.17, 15) is 4.39 Å². The van der Waals surface area contributed by atoms with Gasteiger partial charge in [0.25, 0.3) is 0 Å². The van der Waals surface area contributed by atoms with E-state index in [-0.39, 0.29) is 11.9 Å². The van der Waals surface area contributed by atoms with Crippen LogP contribution in [0.25, 0.3) is 11.3 Å². The van der Waals surface area contributed by atoms with Crippen LogP contribution >= 0.6 is 11.6 Å². The van der Waals surface area contributed by atoms with Gasteiger partial charge in [-0.15, -0.1) is 0 Å². The zero-order valence-corrected chi connectivity index (χ0v) is 14.6. The predicted molar refractivity (Wildman–Crippen MR) is 92.0 cm³/mol. The fourth-order valence-electron chi connectivity index (χ4n) is 4.23. The minimum atomic E-state index is -0.381. The molecule has 1 aromatic carbocycles. The molecule has 132 valence electrons. The lowest BCUT2D eigenvalue weighted by molar-refractivity contribution is 0.00913. The second-order valence-electron chi connectivity index (χ2n) is 7.43. The Bertz CT molecular complexity index is 784. The first kappa shape index (κ1) is 15.8. The van der Waals surface area contributed by atoms with E-state index in [0.29, 0.717) is 40.8 Å². The Morgan fingerprint density at radius 1 is 1.32 bits per heavy atom. The third-order valence-electron chi connectivity index (χ3n) is 5.71. The second kappa shape index (κ2) is 6.08. The maximum absolute atomic E-state index is 14.4. The summed E-state index contributed by atoms with van der Waals surface area (Å²) in [6.45, 7) is 1.43. The van der Waals surface area contributed by atoms with E-state index in [1.165, 1.54) is 12.5 Å². The first-order chi connectivity index (χ1) is 12.2. The number of rotatable bonds is 5. The summed E-state index contributed by atoms with van der Waals surface area (Å²) in [5, 5.41) is 8.01. The maximum atomic E-state index is 14.4. The summed E-state index contributed by atoms with van der Waals surface area (Å²) in [5.41, 5.74) is 1.67. The molecule has 2 bridgehead atoms. The van der Waals surface area contributed by atoms with Crippen LogP contribution in [0.2, 0.25) is 5.02 Å². The zero-order chi connectivity index (χ0) is 17.0. The van der Waals surface area contributed by atoms with Crippen molar-refractivity contribution in [1.82, 2.24) is 10.5 Å². The molecule has 4 nitrogen and oxygen atoms in total. The minimum absolute atomic E-state index is 0.261. The van der Waals surface area contributed by atoms with Crippen LogP contribution in [-0.4, -0.2) is 23.8 Å². The highest BCUT2D eigenvalue weighted by molar-refractivity contribution is 6.33. The highest BCUT2D eigenvalue weighted by Gasteiger charge is 2.41. The Balaban J connectivity index is 1.46. The van der Waals surface area contributed by atoms with Gasteiger partial charge in [-0.1, -0.05) is 22.8 Å². The van der Waals surface area contributed by atoms with Gasteiger partial charge in [-0.2, -0.15) is 0 Å². The number of nitrogens with zero attached hydrogens (tertiary/aromatic N) is 1. The standard InChI is InChI=1S/C19H20ClFN2O2/c20-14-2-1-3-15(21)17(14)18-13(19(25-23-18)10-4-5-10)9-24-16-7-12-6-11(16)8-22-12/h1-3,10-12,16,22H,4-9H2/t11-,12-,16+/m0/s1. The lowest BCUT2D eigenvalue weighted by Crippen LogP contribution is -2.34. The number of ether oxygens (including phenoxy) is 1. The van der Waals surface area contributed by atoms with Crippen LogP contribution in [0.3, 0.4) is 0 Å². The van der Waals surface area contributed by atoms with Crippen molar-refractivity contribution in [3.63, 3.8) is 0 Å². The normalized spacial score (nSPS) is 28.0. The zero-order valence-electron chi connectivity index (χ0n) is 13.8. The molecule has 5 rings (SSSR count). The highest BCUT2D eigenvalue weighted by Crippen LogP contribution is 2.45. The van der Waals surface area contributed by atoms with Crippen LogP contribution in [-0.2, 0) is 11.3 Å². The molecule has 1 N–H and O–H groups in total. The van der Waals surface area contributed by atoms with Gasteiger partial charge in [0.15, 0.2) is 0 Å². The number of hydrogen-bond acceptors (Lipinski definition) is 4. The predicted octanol–water partition coefficient (Wildman–Crippen LogP) is 4.28. The number of piperidine rings is 1. The molecule has 0 spiro atoms. The Labute approximate surface area is 150 Å². The average molecular weight is 363 g/mol. The Morgan fingerprint density at radius 2 is 2.20 bits per heavy atom. The fourth-order valence-corrected chi connectivity index (χ4v) is 4.48. The van der Waals surface area contributed by atoms with E-state index < -0.39 is 0 Å². The fraction of sp³-hybridized carbons (Fsp3) is 0.526. The van der Waals surface area contributed by atoms with Crippen LogP contribution in [0, 0.1) is 11.7 Å². The molecule has 3 fully saturated rings. The van der Waals surface area contributed by atoms with E-state index in [4.69, 9.17) is 20.9 Å². The molecule has 0 amide bonds. The Kier molecular flexibility index (Phi) is 3.84. The van der Waals surface area contributed by atoms with E-state index in [2.05, 4.69) is 10.5 Å². The highest BCUT2D eigenvalue weighted by atomic mass is 35.5. The molecule has 2 heterocycles. The molecule has 25 heavy (non-hydrogen) atoms. The molecule has 2 aromatic rings. The van der Waals surface area contributed by atoms with E-state index in [1.54, 1.807) is 12.1 Å². The van der Waals surface area contributed by atoms with Gasteiger partial charge in [0.2, 0.25) is 0 Å². The third-order valence-corrected chi connectivity index (χ3v) is 6.02. The summed E-state index contributed by atoms with van der Waals surface area (Å²) in [7, 11) is 0. The first-order valence-corrected chi connectivity index (χ1v) is 9.36. The van der Waals surface area contributed by atoms with Crippen molar-refractivity contribution >= 4 is 11.6 Å². The van der Waals surface area contributed by atoms with Gasteiger partial charge in [-0.05, 0) is 43.7 Å². The third kappa shape index (κ3) is 2.78. The quantitative estimate of drug-likeness (QED) is 0.862. The Hall–Kier alpha value is -1.43. The van der Waals surface area contributed by atoms with Gasteiger partial charge < -0.3 is 14.6 Å². The van der Waals surface area contributed by atoms with E-state index in [1.807, 2.05) is 0 Å². The smallest absolute Gasteiger partial charge is 0.145 e. The molecule has 1 aliphatic heterocycles. The summed E-state index contributed by atoms with van der Waals surface area (Å²) in [5.74, 6) is 1.42. The molecule has 6 heteroatoms. The van der Waals surface area contributed by atoms with E-state index >= 15 is 0 Å². The van der Waals surface area contributed by atoms with Crippen molar-refractivity contribution in [3.8, 4) is 11.3 Å². The van der Waals surface area contributed by atoms with Crippen molar-refractivity contribution in [2.45, 2.75) is 50.4 Å². The molecule has 1 aromatic heterocycles. The number of nitrogens with one attached hydrogen (secondary N) is 1. The second-order valence-corrected chi connectivity index (χ2v) is 7.84. The van der Waals surface area contributed by atoms with Gasteiger partial charge >= 0.3 is 0 Å². The molecule has 3 aliphatic rings. The lowest BCUT2D eigenvalue weighted by atomic mass is 10.0. The maximum Gasteiger partial charge on any atom is 0.145 e.